The molecule has 0 aliphatic carbocycles. The largest absolute Gasteiger partial charge is 0.389 e. The van der Waals surface area contributed by atoms with Gasteiger partial charge in [0.1, 0.15) is 6.61 Å². The van der Waals surface area contributed by atoms with E-state index in [1.54, 1.807) is 0 Å². The van der Waals surface area contributed by atoms with Crippen molar-refractivity contribution in [2.75, 3.05) is 39.8 Å². The first-order valence-electron chi connectivity index (χ1n) is 6.25. The van der Waals surface area contributed by atoms with Crippen LogP contribution in [-0.4, -0.2) is 71.2 Å². The number of nitro groups is 1. The maximum atomic E-state index is 11.3. The Balaban J connectivity index is 2.21. The summed E-state index contributed by atoms with van der Waals surface area (Å²) in [7, 11) is 1.91. The van der Waals surface area contributed by atoms with Crippen LogP contribution in [0.2, 0.25) is 0 Å². The fourth-order valence-electron chi connectivity index (χ4n) is 3.10. The highest BCUT2D eigenvalue weighted by atomic mass is 16.6. The van der Waals surface area contributed by atoms with Gasteiger partial charge in [-0.3, -0.25) is 19.9 Å². The van der Waals surface area contributed by atoms with E-state index in [4.69, 9.17) is 0 Å². The maximum Gasteiger partial charge on any atom is 0.269 e. The molecule has 2 aliphatic rings. The van der Waals surface area contributed by atoms with Gasteiger partial charge in [0.25, 0.3) is 5.54 Å². The van der Waals surface area contributed by atoms with E-state index in [-0.39, 0.29) is 11.5 Å². The van der Waals surface area contributed by atoms with Crippen molar-refractivity contribution in [1.29, 1.82) is 0 Å². The topological polar surface area (TPSA) is 69.8 Å². The monoisotopic (exact) mass is 243 g/mol. The first-order valence-corrected chi connectivity index (χ1v) is 6.25. The van der Waals surface area contributed by atoms with Gasteiger partial charge in [0.15, 0.2) is 0 Å². The molecule has 2 heterocycles. The minimum atomic E-state index is -1.21. The molecule has 0 aromatic heterocycles. The van der Waals surface area contributed by atoms with Crippen LogP contribution >= 0.6 is 0 Å². The average Bonchev–Trinajstić information content (AvgIpc) is 2.44. The second kappa shape index (κ2) is 4.88. The van der Waals surface area contributed by atoms with Crippen LogP contribution in [0.4, 0.5) is 0 Å². The van der Waals surface area contributed by atoms with E-state index in [2.05, 4.69) is 4.90 Å². The van der Waals surface area contributed by atoms with Crippen molar-refractivity contribution in [2.24, 2.45) is 0 Å². The Morgan fingerprint density at radius 2 is 2.24 bits per heavy atom. The molecule has 0 bridgehead atoms. The lowest BCUT2D eigenvalue weighted by molar-refractivity contribution is -0.573. The lowest BCUT2D eigenvalue weighted by Gasteiger charge is -2.35. The number of aliphatic hydroxyl groups excluding tert-OH is 1. The highest BCUT2D eigenvalue weighted by molar-refractivity contribution is 4.94. The van der Waals surface area contributed by atoms with E-state index in [0.29, 0.717) is 19.1 Å². The van der Waals surface area contributed by atoms with Crippen LogP contribution in [0.1, 0.15) is 19.3 Å². The van der Waals surface area contributed by atoms with Crippen molar-refractivity contribution in [3.63, 3.8) is 0 Å². The number of likely N-dealkylation sites (N-methyl/N-ethyl adjacent to an activating group) is 1. The summed E-state index contributed by atoms with van der Waals surface area (Å²) in [5.74, 6) is 0. The predicted octanol–water partition coefficient (Wildman–Crippen LogP) is -0.206. The van der Waals surface area contributed by atoms with Crippen molar-refractivity contribution in [3.05, 3.63) is 10.1 Å². The summed E-state index contributed by atoms with van der Waals surface area (Å²) in [6.45, 7) is 2.13. The van der Waals surface area contributed by atoms with Crippen LogP contribution in [0.5, 0.6) is 0 Å². The molecule has 0 amide bonds. The van der Waals surface area contributed by atoms with Crippen molar-refractivity contribution in [2.45, 2.75) is 30.8 Å². The number of hydrogen-bond donors (Lipinski definition) is 1. The van der Waals surface area contributed by atoms with E-state index in [1.807, 2.05) is 11.9 Å². The van der Waals surface area contributed by atoms with E-state index in [1.165, 1.54) is 6.42 Å². The molecule has 0 saturated carbocycles. The SMILES string of the molecule is CN1CC2CCCCN2CC(CO)([N+](=O)[O-])C1. The quantitative estimate of drug-likeness (QED) is 0.537. The van der Waals surface area contributed by atoms with E-state index in [0.717, 1.165) is 25.9 Å². The third-order valence-corrected chi connectivity index (χ3v) is 4.01. The zero-order valence-corrected chi connectivity index (χ0v) is 10.3. The van der Waals surface area contributed by atoms with Gasteiger partial charge >= 0.3 is 0 Å². The van der Waals surface area contributed by atoms with E-state index >= 15 is 0 Å². The Labute approximate surface area is 101 Å². The van der Waals surface area contributed by atoms with Crippen LogP contribution in [0.25, 0.3) is 0 Å². The van der Waals surface area contributed by atoms with Gasteiger partial charge in [-0.25, -0.2) is 0 Å². The number of hydrogen-bond acceptors (Lipinski definition) is 5. The van der Waals surface area contributed by atoms with Crippen LogP contribution < -0.4 is 0 Å². The number of piperidine rings is 1. The molecule has 2 aliphatic heterocycles. The molecule has 6 heteroatoms. The summed E-state index contributed by atoms with van der Waals surface area (Å²) in [6, 6.07) is 0.419. The number of fused-ring (bicyclic) bond motifs is 1. The van der Waals surface area contributed by atoms with Gasteiger partial charge in [0.05, 0.1) is 13.1 Å². The number of rotatable bonds is 2. The standard InChI is InChI=1S/C11H21N3O3/c1-12-6-10-4-2-3-5-13(10)8-11(7-12,9-15)14(16)17/h10,15H,2-9H2,1H3. The summed E-state index contributed by atoms with van der Waals surface area (Å²) in [4.78, 5) is 15.2. The predicted molar refractivity (Wildman–Crippen MR) is 63.5 cm³/mol. The third-order valence-electron chi connectivity index (χ3n) is 4.01. The summed E-state index contributed by atoms with van der Waals surface area (Å²) in [5.41, 5.74) is -1.21. The Morgan fingerprint density at radius 3 is 2.88 bits per heavy atom. The molecule has 2 rings (SSSR count). The van der Waals surface area contributed by atoms with Gasteiger partial charge in [-0.05, 0) is 26.4 Å². The van der Waals surface area contributed by atoms with Crippen LogP contribution in [0.3, 0.4) is 0 Å². The number of aliphatic hydroxyl groups is 1. The molecule has 2 unspecified atom stereocenters. The maximum absolute atomic E-state index is 11.3. The first kappa shape index (κ1) is 12.7. The molecular formula is C11H21N3O3. The van der Waals surface area contributed by atoms with Gasteiger partial charge in [0, 0.05) is 17.5 Å². The highest BCUT2D eigenvalue weighted by Crippen LogP contribution is 2.25. The Kier molecular flexibility index (Phi) is 3.65. The Morgan fingerprint density at radius 1 is 1.47 bits per heavy atom. The molecule has 0 spiro atoms. The molecule has 2 saturated heterocycles. The minimum Gasteiger partial charge on any atom is -0.389 e. The second-order valence-corrected chi connectivity index (χ2v) is 5.46. The van der Waals surface area contributed by atoms with E-state index < -0.39 is 5.54 Å². The fourth-order valence-corrected chi connectivity index (χ4v) is 3.10. The zero-order valence-electron chi connectivity index (χ0n) is 10.3. The van der Waals surface area contributed by atoms with E-state index in [9.17, 15) is 15.2 Å². The Hall–Kier alpha value is -0.720. The molecule has 0 radical (unpaired) electrons. The van der Waals surface area contributed by atoms with Crippen molar-refractivity contribution in [3.8, 4) is 0 Å². The molecule has 98 valence electrons. The third kappa shape index (κ3) is 2.43. The molecule has 17 heavy (non-hydrogen) atoms. The lowest BCUT2D eigenvalue weighted by Crippen LogP contribution is -2.56. The molecule has 2 fully saturated rings. The summed E-state index contributed by atoms with van der Waals surface area (Å²) >= 11 is 0. The summed E-state index contributed by atoms with van der Waals surface area (Å²) in [5, 5.41) is 20.7. The van der Waals surface area contributed by atoms with Gasteiger partial charge in [-0.1, -0.05) is 6.42 Å². The minimum absolute atomic E-state index is 0.291. The molecule has 0 aromatic rings. The van der Waals surface area contributed by atoms with Gasteiger partial charge in [-0.2, -0.15) is 0 Å². The average molecular weight is 243 g/mol. The van der Waals surface area contributed by atoms with Gasteiger partial charge < -0.3 is 5.11 Å². The smallest absolute Gasteiger partial charge is 0.269 e. The molecule has 0 aromatic carbocycles. The van der Waals surface area contributed by atoms with Crippen LogP contribution in [0.15, 0.2) is 0 Å². The number of nitrogens with zero attached hydrogens (tertiary/aromatic N) is 3. The van der Waals surface area contributed by atoms with Crippen LogP contribution in [-0.2, 0) is 0 Å². The summed E-state index contributed by atoms with van der Waals surface area (Å²) < 4.78 is 0. The van der Waals surface area contributed by atoms with Crippen molar-refractivity contribution >= 4 is 0 Å². The van der Waals surface area contributed by atoms with Crippen molar-refractivity contribution in [1.82, 2.24) is 9.80 Å². The molecule has 2 atom stereocenters. The normalized spacial score (nSPS) is 36.2. The van der Waals surface area contributed by atoms with Crippen molar-refractivity contribution < 1.29 is 10.0 Å². The van der Waals surface area contributed by atoms with Gasteiger partial charge in [0.2, 0.25) is 0 Å². The first-order chi connectivity index (χ1) is 8.07. The van der Waals surface area contributed by atoms with Gasteiger partial charge in [-0.15, -0.1) is 0 Å². The Bertz CT molecular complexity index is 300. The summed E-state index contributed by atoms with van der Waals surface area (Å²) in [6.07, 6.45) is 3.43. The molecule has 6 nitrogen and oxygen atoms in total. The fraction of sp³-hybridized carbons (Fsp3) is 1.00. The zero-order chi connectivity index (χ0) is 12.5. The second-order valence-electron chi connectivity index (χ2n) is 5.46. The molecule has 1 N–H and O–H groups in total. The lowest BCUT2D eigenvalue weighted by atomic mass is 9.98. The van der Waals surface area contributed by atoms with Crippen LogP contribution in [0, 0.1) is 10.1 Å². The molecular weight excluding hydrogens is 222 g/mol. The highest BCUT2D eigenvalue weighted by Gasteiger charge is 2.48.